The van der Waals surface area contributed by atoms with Crippen LogP contribution < -0.4 is 14.8 Å². The lowest BCUT2D eigenvalue weighted by molar-refractivity contribution is -0.137. The second-order valence-electron chi connectivity index (χ2n) is 8.07. The van der Waals surface area contributed by atoms with E-state index in [9.17, 15) is 40.3 Å². The number of anilines is 1. The van der Waals surface area contributed by atoms with Crippen LogP contribution in [0.25, 0.3) is 11.1 Å². The first-order chi connectivity index (χ1) is 17.2. The van der Waals surface area contributed by atoms with E-state index in [0.29, 0.717) is 18.2 Å². The number of nitrogens with one attached hydrogen (secondary N) is 2. The number of aromatic hydroxyl groups is 1. The van der Waals surface area contributed by atoms with Crippen molar-refractivity contribution in [3.8, 4) is 22.6 Å². The Labute approximate surface area is 211 Å². The van der Waals surface area contributed by atoms with Crippen LogP contribution in [0, 0.1) is 11.6 Å². The maximum Gasteiger partial charge on any atom is 0.416 e. The van der Waals surface area contributed by atoms with Crippen molar-refractivity contribution in [1.29, 1.82) is 0 Å². The molecule has 3 aromatic carbocycles. The van der Waals surface area contributed by atoms with E-state index in [1.54, 1.807) is 0 Å². The molecule has 3 aromatic rings. The number of carbonyl (C=O) groups excluding carboxylic acids is 1. The second-order valence-corrected chi connectivity index (χ2v) is 10.1. The Morgan fingerprint density at radius 3 is 2.43 bits per heavy atom. The second kappa shape index (κ2) is 9.38. The fraction of sp³-hybridized carbons (Fsp3) is 0.174. The van der Waals surface area contributed by atoms with Crippen molar-refractivity contribution in [2.75, 3.05) is 11.3 Å². The molecule has 1 heterocycles. The summed E-state index contributed by atoms with van der Waals surface area (Å²) in [5.74, 6) is -4.73. The van der Waals surface area contributed by atoms with Gasteiger partial charge >= 0.3 is 6.18 Å². The normalized spacial score (nSPS) is 17.4. The lowest BCUT2D eigenvalue weighted by Gasteiger charge is -2.20. The fourth-order valence-electron chi connectivity index (χ4n) is 3.56. The van der Waals surface area contributed by atoms with Gasteiger partial charge in [-0.2, -0.15) is 13.2 Å². The van der Waals surface area contributed by atoms with Crippen molar-refractivity contribution < 1.29 is 45.0 Å². The summed E-state index contributed by atoms with van der Waals surface area (Å²) in [5.41, 5.74) is -3.36. The maximum atomic E-state index is 14.9. The van der Waals surface area contributed by atoms with Gasteiger partial charge in [0.1, 0.15) is 28.4 Å². The minimum absolute atomic E-state index is 0.213. The number of sulfonamides is 1. The zero-order chi connectivity index (χ0) is 27.3. The van der Waals surface area contributed by atoms with Crippen molar-refractivity contribution in [3.05, 3.63) is 70.2 Å². The van der Waals surface area contributed by atoms with Crippen LogP contribution in [0.1, 0.15) is 22.8 Å². The molecule has 196 valence electrons. The van der Waals surface area contributed by atoms with E-state index in [-0.39, 0.29) is 23.9 Å². The average molecular weight is 563 g/mol. The van der Waals surface area contributed by atoms with Gasteiger partial charge in [0.25, 0.3) is 15.9 Å². The minimum Gasteiger partial charge on any atom is -0.505 e. The Morgan fingerprint density at radius 1 is 1.05 bits per heavy atom. The molecule has 0 saturated heterocycles. The summed E-state index contributed by atoms with van der Waals surface area (Å²) in [6.07, 6.45) is -5.70. The molecular formula is C23H16ClF5N2O5S. The van der Waals surface area contributed by atoms with Crippen molar-refractivity contribution in [3.63, 3.8) is 0 Å². The van der Waals surface area contributed by atoms with Gasteiger partial charge in [0.15, 0.2) is 5.75 Å². The highest BCUT2D eigenvalue weighted by molar-refractivity contribution is 7.92. The number of fused-ring (bicyclic) bond motifs is 6. The molecular weight excluding hydrogens is 547 g/mol. The van der Waals surface area contributed by atoms with Crippen LogP contribution in [0.4, 0.5) is 27.6 Å². The first kappa shape index (κ1) is 26.5. The van der Waals surface area contributed by atoms with Crippen LogP contribution in [0.2, 0.25) is 5.02 Å². The number of halogens is 6. The molecule has 0 aliphatic carbocycles. The number of carbonyl (C=O) groups is 1. The van der Waals surface area contributed by atoms with Gasteiger partial charge in [-0.05, 0) is 43.3 Å². The smallest absolute Gasteiger partial charge is 0.416 e. The molecule has 1 aliphatic heterocycles. The number of phenols is 1. The fourth-order valence-corrected chi connectivity index (χ4v) is 5.04. The highest BCUT2D eigenvalue weighted by Gasteiger charge is 2.32. The van der Waals surface area contributed by atoms with Gasteiger partial charge in [-0.3, -0.25) is 9.52 Å². The number of alkyl halides is 3. The summed E-state index contributed by atoms with van der Waals surface area (Å²) in [6, 6.07) is 4.92. The Kier molecular flexibility index (Phi) is 6.71. The van der Waals surface area contributed by atoms with Crippen molar-refractivity contribution in [2.24, 2.45) is 0 Å². The van der Waals surface area contributed by atoms with Crippen molar-refractivity contribution in [2.45, 2.75) is 24.1 Å². The molecule has 0 unspecified atom stereocenters. The van der Waals surface area contributed by atoms with Crippen LogP contribution in [-0.2, 0) is 16.2 Å². The van der Waals surface area contributed by atoms with Crippen LogP contribution in [0.3, 0.4) is 0 Å². The molecule has 0 radical (unpaired) electrons. The molecule has 4 rings (SSSR count). The molecule has 14 heteroatoms. The molecule has 7 nitrogen and oxygen atoms in total. The third-order valence-corrected chi connectivity index (χ3v) is 7.02. The van der Waals surface area contributed by atoms with Crippen LogP contribution in [-0.4, -0.2) is 32.1 Å². The summed E-state index contributed by atoms with van der Waals surface area (Å²) in [4.78, 5) is 11.7. The molecule has 0 spiro atoms. The lowest BCUT2D eigenvalue weighted by Crippen LogP contribution is -2.33. The Bertz CT molecular complexity index is 1530. The van der Waals surface area contributed by atoms with E-state index in [2.05, 4.69) is 5.32 Å². The molecule has 0 saturated carbocycles. The first-order valence-corrected chi connectivity index (χ1v) is 12.2. The zero-order valence-corrected chi connectivity index (χ0v) is 20.2. The average Bonchev–Trinajstić information content (AvgIpc) is 2.80. The summed E-state index contributed by atoms with van der Waals surface area (Å²) in [6.45, 7) is 1.25. The number of benzene rings is 3. The monoisotopic (exact) mass is 562 g/mol. The molecule has 1 amide bonds. The predicted octanol–water partition coefficient (Wildman–Crippen LogP) is 5.32. The third-order valence-electron chi connectivity index (χ3n) is 5.36. The van der Waals surface area contributed by atoms with E-state index < -0.39 is 77.9 Å². The Hall–Kier alpha value is -3.58. The summed E-state index contributed by atoms with van der Waals surface area (Å²) in [7, 11) is -4.85. The summed E-state index contributed by atoms with van der Waals surface area (Å²) < 4.78 is 103. The van der Waals surface area contributed by atoms with Gasteiger partial charge in [0.2, 0.25) is 0 Å². The standard InChI is InChI=1S/C23H16ClF5N2O5S/c1-10-9-30-22(33)11-4-15(24)21(32)20(5-11)37(34,35)31-18-7-13(16(25)8-17(18)26)14-6-12(23(27,28)29)2-3-19(14)36-10/h2-8,10,31-32H,9H2,1H3,(H,30,33)/t10-/m0/s1. The molecule has 3 N–H and O–H groups in total. The number of amides is 1. The topological polar surface area (TPSA) is 105 Å². The Balaban J connectivity index is 1.98. The number of hydrogen-bond acceptors (Lipinski definition) is 5. The number of rotatable bonds is 0. The molecule has 37 heavy (non-hydrogen) atoms. The van der Waals surface area contributed by atoms with Gasteiger partial charge in [0, 0.05) is 22.8 Å². The SMILES string of the molecule is C[C@H]1CNC(=O)c2cc(Cl)c(O)c(c2)S(=O)(=O)Nc2cc(c(F)cc2F)-c2cc(C(F)(F)F)ccc2O1. The third kappa shape index (κ3) is 5.27. The number of ether oxygens (including phenoxy) is 1. The van der Waals surface area contributed by atoms with Crippen molar-refractivity contribution in [1.82, 2.24) is 5.32 Å². The first-order valence-electron chi connectivity index (χ1n) is 10.4. The van der Waals surface area contributed by atoms with Gasteiger partial charge in [-0.25, -0.2) is 17.2 Å². The number of phenolic OH excluding ortho intramolecular Hbond substituents is 1. The van der Waals surface area contributed by atoms with E-state index >= 15 is 0 Å². The highest BCUT2D eigenvalue weighted by Crippen LogP contribution is 2.41. The largest absolute Gasteiger partial charge is 0.505 e. The van der Waals surface area contributed by atoms with Crippen LogP contribution in [0.15, 0.2) is 47.4 Å². The molecule has 0 aromatic heterocycles. The van der Waals surface area contributed by atoms with Gasteiger partial charge < -0.3 is 15.2 Å². The van der Waals surface area contributed by atoms with Crippen LogP contribution in [0.5, 0.6) is 11.5 Å². The molecule has 1 aliphatic rings. The predicted molar refractivity (Wildman–Crippen MR) is 123 cm³/mol. The minimum atomic E-state index is -4.85. The van der Waals surface area contributed by atoms with E-state index in [1.165, 1.54) is 6.92 Å². The van der Waals surface area contributed by atoms with Gasteiger partial charge in [-0.1, -0.05) is 11.6 Å². The van der Waals surface area contributed by atoms with E-state index in [0.717, 1.165) is 18.2 Å². The highest BCUT2D eigenvalue weighted by atomic mass is 35.5. The lowest BCUT2D eigenvalue weighted by atomic mass is 10.00. The quantitative estimate of drug-likeness (QED) is 0.322. The maximum absolute atomic E-state index is 14.9. The van der Waals surface area contributed by atoms with Crippen molar-refractivity contribution >= 4 is 33.2 Å². The molecule has 1 atom stereocenters. The van der Waals surface area contributed by atoms with Crippen LogP contribution >= 0.6 is 11.6 Å². The molecule has 0 fully saturated rings. The van der Waals surface area contributed by atoms with Gasteiger partial charge in [-0.15, -0.1) is 0 Å². The Morgan fingerprint density at radius 2 is 1.76 bits per heavy atom. The molecule has 4 bridgehead atoms. The summed E-state index contributed by atoms with van der Waals surface area (Å²) in [5, 5.41) is 12.2. The zero-order valence-electron chi connectivity index (χ0n) is 18.6. The number of hydrogen-bond donors (Lipinski definition) is 3. The summed E-state index contributed by atoms with van der Waals surface area (Å²) >= 11 is 5.90. The van der Waals surface area contributed by atoms with Gasteiger partial charge in [0.05, 0.1) is 22.8 Å². The van der Waals surface area contributed by atoms with E-state index in [1.807, 2.05) is 4.72 Å². The van der Waals surface area contributed by atoms with E-state index in [4.69, 9.17) is 16.3 Å².